The molecule has 1 aliphatic heterocycles. The largest absolute Gasteiger partial charge is 0.338 e. The Labute approximate surface area is 137 Å². The number of nitrogens with zero attached hydrogens (tertiary/aromatic N) is 4. The number of anilines is 2. The highest BCUT2D eigenvalue weighted by Gasteiger charge is 2.11. The van der Waals surface area contributed by atoms with Crippen LogP contribution in [0.2, 0.25) is 0 Å². The van der Waals surface area contributed by atoms with E-state index in [0.717, 1.165) is 47.3 Å². The normalized spacial score (nSPS) is 14.0. The van der Waals surface area contributed by atoms with Crippen molar-refractivity contribution in [2.45, 2.75) is 13.0 Å². The molecule has 0 spiro atoms. The zero-order valence-electron chi connectivity index (χ0n) is 12.9. The quantitative estimate of drug-likeness (QED) is 0.525. The second kappa shape index (κ2) is 5.24. The molecule has 1 aliphatic rings. The summed E-state index contributed by atoms with van der Waals surface area (Å²) in [7, 11) is 0. The molecule has 3 N–H and O–H groups in total. The highest BCUT2D eigenvalue weighted by Crippen LogP contribution is 2.24. The van der Waals surface area contributed by atoms with Gasteiger partial charge in [-0.15, -0.1) is 0 Å². The fourth-order valence-corrected chi connectivity index (χ4v) is 3.14. The molecule has 0 amide bonds. The molecule has 0 bridgehead atoms. The third-order valence-corrected chi connectivity index (χ3v) is 4.36. The van der Waals surface area contributed by atoms with Gasteiger partial charge in [0.15, 0.2) is 0 Å². The number of nitrogens with one attached hydrogen (secondary N) is 3. The molecule has 0 saturated heterocycles. The van der Waals surface area contributed by atoms with Gasteiger partial charge in [-0.25, -0.2) is 9.97 Å². The molecule has 7 nitrogen and oxygen atoms in total. The minimum absolute atomic E-state index is 0.531. The predicted molar refractivity (Wildman–Crippen MR) is 92.1 cm³/mol. The van der Waals surface area contributed by atoms with E-state index < -0.39 is 0 Å². The molecular weight excluding hydrogens is 302 g/mol. The van der Waals surface area contributed by atoms with Gasteiger partial charge >= 0.3 is 0 Å². The maximum atomic E-state index is 4.56. The molecule has 5 rings (SSSR count). The Hall–Kier alpha value is -3.06. The van der Waals surface area contributed by atoms with Crippen LogP contribution >= 0.6 is 0 Å². The van der Waals surface area contributed by atoms with Crippen molar-refractivity contribution < 1.29 is 0 Å². The predicted octanol–water partition coefficient (Wildman–Crippen LogP) is 2.29. The summed E-state index contributed by atoms with van der Waals surface area (Å²) in [6, 6.07) is 4.04. The fraction of sp³-hybridized carbons (Fsp3) is 0.176. The van der Waals surface area contributed by atoms with Crippen LogP contribution in [-0.2, 0) is 13.0 Å². The minimum Gasteiger partial charge on any atom is -0.338 e. The Bertz CT molecular complexity index is 1050. The van der Waals surface area contributed by atoms with Crippen molar-refractivity contribution in [1.82, 2.24) is 30.2 Å². The van der Waals surface area contributed by atoms with E-state index in [1.807, 2.05) is 18.5 Å². The van der Waals surface area contributed by atoms with Gasteiger partial charge in [0.1, 0.15) is 11.5 Å². The van der Waals surface area contributed by atoms with E-state index in [9.17, 15) is 0 Å². The van der Waals surface area contributed by atoms with Crippen molar-refractivity contribution in [2.24, 2.45) is 0 Å². The van der Waals surface area contributed by atoms with E-state index in [-0.39, 0.29) is 0 Å². The molecular formula is C17H15N7. The Morgan fingerprint density at radius 2 is 2.04 bits per heavy atom. The highest BCUT2D eigenvalue weighted by atomic mass is 15.1. The van der Waals surface area contributed by atoms with Crippen molar-refractivity contribution in [3.8, 4) is 0 Å². The topological polar surface area (TPSA) is 91.4 Å². The maximum absolute atomic E-state index is 4.56. The van der Waals surface area contributed by atoms with Crippen LogP contribution in [0.25, 0.3) is 21.9 Å². The summed E-state index contributed by atoms with van der Waals surface area (Å²) in [4.78, 5) is 20.8. The average Bonchev–Trinajstić information content (AvgIpc) is 2.99. The van der Waals surface area contributed by atoms with E-state index in [0.29, 0.717) is 5.95 Å². The van der Waals surface area contributed by atoms with Gasteiger partial charge in [-0.05, 0) is 36.2 Å². The number of pyridine rings is 2. The van der Waals surface area contributed by atoms with E-state index >= 15 is 0 Å². The summed E-state index contributed by atoms with van der Waals surface area (Å²) >= 11 is 0. The van der Waals surface area contributed by atoms with Gasteiger partial charge < -0.3 is 15.6 Å². The number of hydrogen-bond acceptors (Lipinski definition) is 6. The Morgan fingerprint density at radius 3 is 3.04 bits per heavy atom. The number of H-pyrrole nitrogens is 1. The summed E-state index contributed by atoms with van der Waals surface area (Å²) in [5.74, 6) is 1.30. The molecule has 0 saturated carbocycles. The van der Waals surface area contributed by atoms with Crippen LogP contribution in [-0.4, -0.2) is 31.5 Å². The first-order chi connectivity index (χ1) is 11.9. The van der Waals surface area contributed by atoms with Gasteiger partial charge in [-0.2, -0.15) is 4.98 Å². The van der Waals surface area contributed by atoms with Gasteiger partial charge in [0, 0.05) is 35.9 Å². The number of fused-ring (bicyclic) bond motifs is 4. The van der Waals surface area contributed by atoms with Gasteiger partial charge in [-0.1, -0.05) is 0 Å². The summed E-state index contributed by atoms with van der Waals surface area (Å²) in [5, 5.41) is 8.61. The van der Waals surface area contributed by atoms with Crippen LogP contribution in [0.5, 0.6) is 0 Å². The lowest BCUT2D eigenvalue weighted by Gasteiger charge is -2.17. The molecule has 118 valence electrons. The van der Waals surface area contributed by atoms with Crippen molar-refractivity contribution in [3.63, 3.8) is 0 Å². The molecule has 5 heterocycles. The van der Waals surface area contributed by atoms with E-state index in [1.54, 1.807) is 12.4 Å². The van der Waals surface area contributed by atoms with Gasteiger partial charge in [0.25, 0.3) is 0 Å². The van der Waals surface area contributed by atoms with Crippen molar-refractivity contribution in [3.05, 3.63) is 48.0 Å². The van der Waals surface area contributed by atoms with E-state index in [4.69, 9.17) is 0 Å². The number of hydrogen-bond donors (Lipinski definition) is 3. The lowest BCUT2D eigenvalue weighted by Crippen LogP contribution is -2.23. The van der Waals surface area contributed by atoms with Crippen LogP contribution < -0.4 is 10.6 Å². The molecule has 7 heteroatoms. The average molecular weight is 317 g/mol. The number of rotatable bonds is 2. The van der Waals surface area contributed by atoms with Crippen LogP contribution in [0.4, 0.5) is 11.8 Å². The molecule has 4 aromatic rings. The molecule has 4 aromatic heterocycles. The molecule has 0 fully saturated rings. The van der Waals surface area contributed by atoms with E-state index in [1.165, 1.54) is 11.1 Å². The zero-order chi connectivity index (χ0) is 15.9. The number of aromatic nitrogens is 5. The zero-order valence-corrected chi connectivity index (χ0v) is 12.9. The van der Waals surface area contributed by atoms with Crippen molar-refractivity contribution >= 4 is 33.7 Å². The number of aromatic amines is 1. The first-order valence-corrected chi connectivity index (χ1v) is 7.91. The lowest BCUT2D eigenvalue weighted by molar-refractivity contribution is 0.641. The van der Waals surface area contributed by atoms with Crippen molar-refractivity contribution in [1.29, 1.82) is 0 Å². The summed E-state index contributed by atoms with van der Waals surface area (Å²) in [5.41, 5.74) is 4.33. The molecule has 0 aliphatic carbocycles. The Balaban J connectivity index is 1.51. The van der Waals surface area contributed by atoms with Crippen LogP contribution in [0.1, 0.15) is 11.1 Å². The van der Waals surface area contributed by atoms with Gasteiger partial charge in [0.05, 0.1) is 11.7 Å². The highest BCUT2D eigenvalue weighted by molar-refractivity contribution is 6.05. The lowest BCUT2D eigenvalue weighted by atomic mass is 10.0. The van der Waals surface area contributed by atoms with E-state index in [2.05, 4.69) is 41.6 Å². The first-order valence-electron chi connectivity index (χ1n) is 7.91. The molecule has 24 heavy (non-hydrogen) atoms. The molecule has 0 aromatic carbocycles. The van der Waals surface area contributed by atoms with Gasteiger partial charge in [0.2, 0.25) is 5.95 Å². The second-order valence-electron chi connectivity index (χ2n) is 5.89. The summed E-state index contributed by atoms with van der Waals surface area (Å²) in [6.45, 7) is 1.89. The van der Waals surface area contributed by atoms with Gasteiger partial charge in [-0.3, -0.25) is 4.98 Å². The first kappa shape index (κ1) is 13.4. The third-order valence-electron chi connectivity index (χ3n) is 4.36. The molecule has 0 radical (unpaired) electrons. The Kier molecular flexibility index (Phi) is 2.92. The summed E-state index contributed by atoms with van der Waals surface area (Å²) in [6.07, 6.45) is 8.32. The third kappa shape index (κ3) is 2.17. The fourth-order valence-electron chi connectivity index (χ4n) is 3.14. The van der Waals surface area contributed by atoms with Crippen LogP contribution in [0.3, 0.4) is 0 Å². The van der Waals surface area contributed by atoms with Crippen LogP contribution in [0.15, 0.2) is 36.9 Å². The summed E-state index contributed by atoms with van der Waals surface area (Å²) < 4.78 is 0. The Morgan fingerprint density at radius 1 is 1.04 bits per heavy atom. The standard InChI is InChI=1S/C17H15N7/c1-3-18-6-11-7-20-15(5-10(1)11)23-17-21-8-13-12-2-4-19-9-14(12)22-16(13)24-17/h2,4-5,7-9,18H,1,3,6H2,(H2,20,21,22,23,24). The second-order valence-corrected chi connectivity index (χ2v) is 5.89. The minimum atomic E-state index is 0.531. The molecule has 0 atom stereocenters. The van der Waals surface area contributed by atoms with Crippen molar-refractivity contribution in [2.75, 3.05) is 11.9 Å². The van der Waals surface area contributed by atoms with Crippen LogP contribution in [0, 0.1) is 0 Å². The smallest absolute Gasteiger partial charge is 0.230 e. The maximum Gasteiger partial charge on any atom is 0.230 e. The SMILES string of the molecule is c1cc2c(cn1)[nH]c1nc(Nc3cc4c(cn3)CNCC4)ncc12. The molecule has 0 unspecified atom stereocenters. The monoisotopic (exact) mass is 317 g/mol.